The molecule has 0 aliphatic heterocycles. The van der Waals surface area contributed by atoms with Gasteiger partial charge in [0, 0.05) is 14.5 Å². The van der Waals surface area contributed by atoms with E-state index in [9.17, 15) is 8.78 Å². The van der Waals surface area contributed by atoms with Crippen molar-refractivity contribution in [2.75, 3.05) is 6.54 Å². The molecule has 5 heteroatoms. The van der Waals surface area contributed by atoms with Crippen LogP contribution in [-0.4, -0.2) is 6.54 Å². The Morgan fingerprint density at radius 2 is 1.80 bits per heavy atom. The number of benzene rings is 2. The van der Waals surface area contributed by atoms with Gasteiger partial charge in [-0.15, -0.1) is 0 Å². The summed E-state index contributed by atoms with van der Waals surface area (Å²) in [5, 5.41) is 3.19. The van der Waals surface area contributed by atoms with Crippen LogP contribution in [0.2, 0.25) is 0 Å². The molecule has 0 radical (unpaired) electrons. The molecule has 2 aromatic carbocycles. The lowest BCUT2D eigenvalue weighted by molar-refractivity contribution is 0.554. The van der Waals surface area contributed by atoms with Gasteiger partial charge in [0.2, 0.25) is 0 Å². The smallest absolute Gasteiger partial charge is 0.128 e. The fourth-order valence-electron chi connectivity index (χ4n) is 2.09. The van der Waals surface area contributed by atoms with E-state index in [0.29, 0.717) is 22.1 Å². The van der Waals surface area contributed by atoms with Crippen LogP contribution in [0.1, 0.15) is 24.1 Å². The van der Waals surface area contributed by atoms with E-state index < -0.39 is 6.04 Å². The lowest BCUT2D eigenvalue weighted by atomic mass is 9.98. The van der Waals surface area contributed by atoms with Gasteiger partial charge in [-0.05, 0) is 48.5 Å². The molecule has 0 aromatic heterocycles. The van der Waals surface area contributed by atoms with Crippen molar-refractivity contribution in [1.29, 1.82) is 0 Å². The maximum absolute atomic E-state index is 14.1. The first-order valence-corrected chi connectivity index (χ1v) is 7.74. The molecule has 0 saturated carbocycles. The minimum atomic E-state index is -0.399. The monoisotopic (exact) mass is 403 g/mol. The molecule has 0 fully saturated rings. The standard InChI is InChI=1S/C15H13Br2F2N/c1-2-20-15(9-5-11(17)7-12(18)6-9)13-8-10(16)3-4-14(13)19/h3-8,15,20H,2H2,1H3. The van der Waals surface area contributed by atoms with Crippen molar-refractivity contribution in [3.8, 4) is 0 Å². The summed E-state index contributed by atoms with van der Waals surface area (Å²) in [5.74, 6) is -0.674. The number of hydrogen-bond donors (Lipinski definition) is 1. The molecule has 106 valence electrons. The summed E-state index contributed by atoms with van der Waals surface area (Å²) in [6.07, 6.45) is 0. The minimum Gasteiger partial charge on any atom is -0.306 e. The van der Waals surface area contributed by atoms with Gasteiger partial charge in [0.25, 0.3) is 0 Å². The minimum absolute atomic E-state index is 0.320. The SMILES string of the molecule is CCNC(c1cc(F)cc(Br)c1)c1cc(Br)ccc1F. The van der Waals surface area contributed by atoms with E-state index in [2.05, 4.69) is 37.2 Å². The first-order chi connectivity index (χ1) is 9.51. The molecular weight excluding hydrogens is 392 g/mol. The fraction of sp³-hybridized carbons (Fsp3) is 0.200. The third kappa shape index (κ3) is 3.65. The van der Waals surface area contributed by atoms with Gasteiger partial charge in [0.05, 0.1) is 6.04 Å². The summed E-state index contributed by atoms with van der Waals surface area (Å²) in [6.45, 7) is 2.57. The Kier molecular flexibility index (Phi) is 5.29. The second-order valence-electron chi connectivity index (χ2n) is 4.36. The largest absolute Gasteiger partial charge is 0.306 e. The maximum atomic E-state index is 14.1. The van der Waals surface area contributed by atoms with Crippen LogP contribution in [0.3, 0.4) is 0 Å². The summed E-state index contributed by atoms with van der Waals surface area (Å²) >= 11 is 6.61. The average molecular weight is 405 g/mol. The van der Waals surface area contributed by atoms with E-state index >= 15 is 0 Å². The number of rotatable bonds is 4. The van der Waals surface area contributed by atoms with Gasteiger partial charge < -0.3 is 5.32 Å². The van der Waals surface area contributed by atoms with E-state index in [1.165, 1.54) is 18.2 Å². The molecule has 0 saturated heterocycles. The van der Waals surface area contributed by atoms with Crippen molar-refractivity contribution in [3.63, 3.8) is 0 Å². The summed E-state index contributed by atoms with van der Waals surface area (Å²) < 4.78 is 29.0. The van der Waals surface area contributed by atoms with Crippen molar-refractivity contribution < 1.29 is 8.78 Å². The Balaban J connectivity index is 2.52. The molecule has 2 aromatic rings. The third-order valence-corrected chi connectivity index (χ3v) is 3.85. The van der Waals surface area contributed by atoms with Crippen molar-refractivity contribution in [3.05, 3.63) is 68.1 Å². The van der Waals surface area contributed by atoms with E-state index in [0.717, 1.165) is 4.47 Å². The zero-order valence-electron chi connectivity index (χ0n) is 10.8. The van der Waals surface area contributed by atoms with Crippen LogP contribution in [0.25, 0.3) is 0 Å². The predicted molar refractivity (Wildman–Crippen MR) is 83.7 cm³/mol. The highest BCUT2D eigenvalue weighted by molar-refractivity contribution is 9.10. The van der Waals surface area contributed by atoms with Crippen molar-refractivity contribution in [2.24, 2.45) is 0 Å². The van der Waals surface area contributed by atoms with Gasteiger partial charge in [-0.25, -0.2) is 8.78 Å². The highest BCUT2D eigenvalue weighted by Crippen LogP contribution is 2.29. The quantitative estimate of drug-likeness (QED) is 0.739. The predicted octanol–water partition coefficient (Wildman–Crippen LogP) is 5.19. The Morgan fingerprint density at radius 1 is 1.05 bits per heavy atom. The maximum Gasteiger partial charge on any atom is 0.128 e. The highest BCUT2D eigenvalue weighted by atomic mass is 79.9. The van der Waals surface area contributed by atoms with E-state index in [4.69, 9.17) is 0 Å². The Hall–Kier alpha value is -0.780. The van der Waals surface area contributed by atoms with E-state index in [1.54, 1.807) is 18.2 Å². The normalized spacial score (nSPS) is 12.4. The zero-order chi connectivity index (χ0) is 14.7. The molecule has 1 atom stereocenters. The zero-order valence-corrected chi connectivity index (χ0v) is 13.9. The molecule has 1 nitrogen and oxygen atoms in total. The molecule has 0 aliphatic rings. The first-order valence-electron chi connectivity index (χ1n) is 6.15. The Bertz CT molecular complexity index is 597. The fourth-order valence-corrected chi connectivity index (χ4v) is 2.95. The van der Waals surface area contributed by atoms with Crippen molar-refractivity contribution >= 4 is 31.9 Å². The van der Waals surface area contributed by atoms with Crippen molar-refractivity contribution in [1.82, 2.24) is 5.32 Å². The average Bonchev–Trinajstić information content (AvgIpc) is 2.38. The molecule has 0 bridgehead atoms. The third-order valence-electron chi connectivity index (χ3n) is 2.90. The molecule has 0 amide bonds. The van der Waals surface area contributed by atoms with Crippen molar-refractivity contribution in [2.45, 2.75) is 13.0 Å². The second-order valence-corrected chi connectivity index (χ2v) is 6.19. The molecule has 1 N–H and O–H groups in total. The molecule has 2 rings (SSSR count). The first kappa shape index (κ1) is 15.6. The second kappa shape index (κ2) is 6.78. The van der Waals surface area contributed by atoms with Crippen LogP contribution in [0.15, 0.2) is 45.3 Å². The Labute approximate surface area is 133 Å². The molecule has 0 aliphatic carbocycles. The molecule has 0 heterocycles. The number of nitrogens with one attached hydrogen (secondary N) is 1. The summed E-state index contributed by atoms with van der Waals surface area (Å²) in [6, 6.07) is 8.94. The van der Waals surface area contributed by atoms with E-state index in [1.807, 2.05) is 6.92 Å². The van der Waals surface area contributed by atoms with Crippen LogP contribution < -0.4 is 5.32 Å². The van der Waals surface area contributed by atoms with Gasteiger partial charge >= 0.3 is 0 Å². The van der Waals surface area contributed by atoms with E-state index in [-0.39, 0.29) is 11.6 Å². The van der Waals surface area contributed by atoms with Crippen LogP contribution in [0.5, 0.6) is 0 Å². The van der Waals surface area contributed by atoms with Gasteiger partial charge in [-0.1, -0.05) is 38.8 Å². The van der Waals surface area contributed by atoms with Crippen LogP contribution in [-0.2, 0) is 0 Å². The lowest BCUT2D eigenvalue weighted by Gasteiger charge is -2.20. The molecule has 0 spiro atoms. The van der Waals surface area contributed by atoms with Crippen LogP contribution in [0, 0.1) is 11.6 Å². The molecule has 1 unspecified atom stereocenters. The van der Waals surface area contributed by atoms with Gasteiger partial charge in [0.15, 0.2) is 0 Å². The lowest BCUT2D eigenvalue weighted by Crippen LogP contribution is -2.23. The topological polar surface area (TPSA) is 12.0 Å². The van der Waals surface area contributed by atoms with Gasteiger partial charge in [-0.2, -0.15) is 0 Å². The van der Waals surface area contributed by atoms with Gasteiger partial charge in [0.1, 0.15) is 11.6 Å². The Morgan fingerprint density at radius 3 is 2.45 bits per heavy atom. The van der Waals surface area contributed by atoms with Crippen LogP contribution >= 0.6 is 31.9 Å². The summed E-state index contributed by atoms with van der Waals surface area (Å²) in [7, 11) is 0. The summed E-state index contributed by atoms with van der Waals surface area (Å²) in [4.78, 5) is 0. The molecular formula is C15H13Br2F2N. The van der Waals surface area contributed by atoms with Crippen LogP contribution in [0.4, 0.5) is 8.78 Å². The number of halogens is 4. The molecule has 20 heavy (non-hydrogen) atoms. The number of hydrogen-bond acceptors (Lipinski definition) is 1. The highest BCUT2D eigenvalue weighted by Gasteiger charge is 2.18. The van der Waals surface area contributed by atoms with Gasteiger partial charge in [-0.3, -0.25) is 0 Å². The summed E-state index contributed by atoms with van der Waals surface area (Å²) in [5.41, 5.74) is 1.16.